The lowest BCUT2D eigenvalue weighted by Gasteiger charge is -2.01. The molecule has 1 N–H and O–H groups in total. The Labute approximate surface area is 166 Å². The van der Waals surface area contributed by atoms with Crippen LogP contribution in [-0.4, -0.2) is 23.1 Å². The molecule has 6 heteroatoms. The van der Waals surface area contributed by atoms with Gasteiger partial charge in [0.1, 0.15) is 11.3 Å². The average Bonchev–Trinajstić information content (AvgIpc) is 3.38. The van der Waals surface area contributed by atoms with E-state index < -0.39 is 0 Å². The van der Waals surface area contributed by atoms with Gasteiger partial charge in [-0.25, -0.2) is 4.98 Å². The molecule has 1 aliphatic heterocycles. The van der Waals surface area contributed by atoms with Crippen LogP contribution in [0.25, 0.3) is 28.6 Å². The average molecular weight is 384 g/mol. The number of aromatic hydroxyl groups is 1. The molecular weight excluding hydrogens is 368 g/mol. The van der Waals surface area contributed by atoms with Crippen molar-refractivity contribution in [1.29, 1.82) is 0 Å². The third-order valence-electron chi connectivity index (χ3n) is 4.50. The molecule has 1 aliphatic rings. The summed E-state index contributed by atoms with van der Waals surface area (Å²) in [5.41, 5.74) is 3.56. The number of hydrogen-bond acceptors (Lipinski definition) is 6. The van der Waals surface area contributed by atoms with Crippen molar-refractivity contribution in [2.45, 2.75) is 0 Å². The highest BCUT2D eigenvalue weighted by Crippen LogP contribution is 2.34. The Balaban J connectivity index is 1.37. The lowest BCUT2D eigenvalue weighted by atomic mass is 10.1. The molecule has 0 saturated heterocycles. The van der Waals surface area contributed by atoms with Crippen LogP contribution in [0.2, 0.25) is 0 Å². The van der Waals surface area contributed by atoms with Crippen LogP contribution < -0.4 is 9.47 Å². The number of para-hydroxylation sites is 2. The summed E-state index contributed by atoms with van der Waals surface area (Å²) < 4.78 is 16.4. The molecule has 5 rings (SSSR count). The van der Waals surface area contributed by atoms with E-state index in [1.807, 2.05) is 54.6 Å². The maximum atomic E-state index is 10.2. The second-order valence-corrected chi connectivity index (χ2v) is 6.44. The van der Waals surface area contributed by atoms with E-state index in [1.54, 1.807) is 24.4 Å². The Morgan fingerprint density at radius 2 is 1.86 bits per heavy atom. The number of benzene rings is 3. The minimum Gasteiger partial charge on any atom is -0.507 e. The van der Waals surface area contributed by atoms with Gasteiger partial charge in [0.15, 0.2) is 17.1 Å². The number of phenolic OH excluding ortho intramolecular Hbond substituents is 1. The minimum absolute atomic E-state index is 0.0893. The summed E-state index contributed by atoms with van der Waals surface area (Å²) in [6.45, 7) is 0.257. The number of hydrogen-bond donors (Lipinski definition) is 1. The van der Waals surface area contributed by atoms with Crippen molar-refractivity contribution in [1.82, 2.24) is 4.98 Å². The first-order valence-corrected chi connectivity index (χ1v) is 9.06. The molecule has 0 fully saturated rings. The van der Waals surface area contributed by atoms with Crippen LogP contribution in [0.4, 0.5) is 5.69 Å². The smallest absolute Gasteiger partial charge is 0.231 e. The molecule has 0 amide bonds. The van der Waals surface area contributed by atoms with E-state index in [0.29, 0.717) is 22.7 Å². The number of ether oxygens (including phenoxy) is 2. The predicted octanol–water partition coefficient (Wildman–Crippen LogP) is 5.34. The number of aromatic nitrogens is 1. The molecule has 3 aromatic carbocycles. The summed E-state index contributed by atoms with van der Waals surface area (Å²) >= 11 is 0. The van der Waals surface area contributed by atoms with E-state index in [0.717, 1.165) is 22.6 Å². The molecule has 142 valence electrons. The summed E-state index contributed by atoms with van der Waals surface area (Å²) in [5.74, 6) is 1.94. The van der Waals surface area contributed by atoms with Crippen molar-refractivity contribution >= 4 is 29.1 Å². The molecule has 0 saturated carbocycles. The van der Waals surface area contributed by atoms with Crippen LogP contribution in [0.5, 0.6) is 17.2 Å². The summed E-state index contributed by atoms with van der Waals surface area (Å²) in [7, 11) is 0. The molecule has 6 nitrogen and oxygen atoms in total. The van der Waals surface area contributed by atoms with Crippen LogP contribution in [0.3, 0.4) is 0 Å². The largest absolute Gasteiger partial charge is 0.507 e. The molecule has 0 unspecified atom stereocenters. The lowest BCUT2D eigenvalue weighted by molar-refractivity contribution is 0.174. The normalized spacial score (nSPS) is 13.1. The highest BCUT2D eigenvalue weighted by Gasteiger charge is 2.13. The van der Waals surface area contributed by atoms with E-state index >= 15 is 0 Å². The fraction of sp³-hybridized carbons (Fsp3) is 0.0435. The zero-order valence-corrected chi connectivity index (χ0v) is 15.3. The Morgan fingerprint density at radius 3 is 2.79 bits per heavy atom. The molecule has 29 heavy (non-hydrogen) atoms. The summed E-state index contributed by atoms with van der Waals surface area (Å²) in [5, 5.41) is 10.2. The topological polar surface area (TPSA) is 77.1 Å². The van der Waals surface area contributed by atoms with Crippen LogP contribution in [0, 0.1) is 0 Å². The maximum absolute atomic E-state index is 10.2. The Hall–Kier alpha value is -4.06. The molecular formula is C23H16N2O4. The number of allylic oxidation sites excluding steroid dienone is 1. The minimum atomic E-state index is 0.0893. The third-order valence-corrected chi connectivity index (χ3v) is 4.50. The summed E-state index contributed by atoms with van der Waals surface area (Å²) in [4.78, 5) is 8.86. The van der Waals surface area contributed by atoms with Crippen molar-refractivity contribution < 1.29 is 19.0 Å². The maximum Gasteiger partial charge on any atom is 0.231 e. The second-order valence-electron chi connectivity index (χ2n) is 6.44. The van der Waals surface area contributed by atoms with Gasteiger partial charge >= 0.3 is 0 Å². The Bertz CT molecular complexity index is 1220. The van der Waals surface area contributed by atoms with Gasteiger partial charge in [-0.3, -0.25) is 4.99 Å². The van der Waals surface area contributed by atoms with Gasteiger partial charge in [-0.05, 0) is 54.1 Å². The molecule has 4 aromatic rings. The zero-order valence-electron chi connectivity index (χ0n) is 15.3. The van der Waals surface area contributed by atoms with Gasteiger partial charge in [0.25, 0.3) is 0 Å². The van der Waals surface area contributed by atoms with E-state index in [-0.39, 0.29) is 12.5 Å². The summed E-state index contributed by atoms with van der Waals surface area (Å²) in [6, 6.07) is 18.3. The number of phenols is 1. The molecule has 0 radical (unpaired) electrons. The third kappa shape index (κ3) is 3.43. The van der Waals surface area contributed by atoms with Crippen molar-refractivity contribution in [2.24, 2.45) is 4.99 Å². The van der Waals surface area contributed by atoms with Crippen LogP contribution in [-0.2, 0) is 0 Å². The standard InChI is InChI=1S/C23H16N2O4/c26-19-9-8-16(13-17(19)23-25-18-5-1-2-6-20(18)29-23)24-11-3-4-15-7-10-21-22(12-15)28-14-27-21/h1-13,26H,14H2/b4-3+,24-11?. The van der Waals surface area contributed by atoms with Crippen LogP contribution in [0.15, 0.2) is 76.1 Å². The summed E-state index contributed by atoms with van der Waals surface area (Å²) in [6.07, 6.45) is 5.45. The monoisotopic (exact) mass is 384 g/mol. The zero-order chi connectivity index (χ0) is 19.6. The van der Waals surface area contributed by atoms with E-state index in [9.17, 15) is 5.11 Å². The van der Waals surface area contributed by atoms with Gasteiger partial charge in [-0.15, -0.1) is 0 Å². The number of nitrogens with zero attached hydrogens (tertiary/aromatic N) is 2. The van der Waals surface area contributed by atoms with Crippen molar-refractivity contribution in [3.63, 3.8) is 0 Å². The molecule has 0 atom stereocenters. The van der Waals surface area contributed by atoms with E-state index in [4.69, 9.17) is 13.9 Å². The van der Waals surface area contributed by atoms with Crippen molar-refractivity contribution in [3.8, 4) is 28.7 Å². The fourth-order valence-electron chi connectivity index (χ4n) is 3.06. The number of fused-ring (bicyclic) bond motifs is 2. The highest BCUT2D eigenvalue weighted by molar-refractivity contribution is 5.82. The SMILES string of the molecule is Oc1ccc(N=C/C=C/c2ccc3c(c2)OCO3)cc1-c1nc2ccccc2o1. The lowest BCUT2D eigenvalue weighted by Crippen LogP contribution is -1.92. The van der Waals surface area contributed by atoms with E-state index in [1.165, 1.54) is 0 Å². The molecule has 0 spiro atoms. The highest BCUT2D eigenvalue weighted by atomic mass is 16.7. The van der Waals surface area contributed by atoms with Gasteiger partial charge in [0, 0.05) is 6.21 Å². The quantitative estimate of drug-likeness (QED) is 0.480. The number of oxazole rings is 1. The second kappa shape index (κ2) is 7.16. The van der Waals surface area contributed by atoms with Gasteiger partial charge < -0.3 is 19.0 Å². The first kappa shape index (κ1) is 17.1. The molecule has 0 bridgehead atoms. The van der Waals surface area contributed by atoms with Gasteiger partial charge in [0.2, 0.25) is 12.7 Å². The number of rotatable bonds is 4. The fourth-order valence-corrected chi connectivity index (χ4v) is 3.06. The first-order chi connectivity index (χ1) is 14.3. The predicted molar refractivity (Wildman–Crippen MR) is 111 cm³/mol. The Kier molecular flexibility index (Phi) is 4.22. The van der Waals surface area contributed by atoms with Crippen molar-refractivity contribution in [2.75, 3.05) is 6.79 Å². The molecule has 0 aliphatic carbocycles. The van der Waals surface area contributed by atoms with E-state index in [2.05, 4.69) is 9.98 Å². The Morgan fingerprint density at radius 1 is 0.966 bits per heavy atom. The van der Waals surface area contributed by atoms with Crippen LogP contribution >= 0.6 is 0 Å². The molecule has 2 heterocycles. The molecule has 1 aromatic heterocycles. The van der Waals surface area contributed by atoms with Gasteiger partial charge in [-0.1, -0.05) is 24.3 Å². The van der Waals surface area contributed by atoms with Crippen molar-refractivity contribution in [3.05, 3.63) is 72.3 Å². The van der Waals surface area contributed by atoms with Gasteiger partial charge in [0.05, 0.1) is 11.3 Å². The van der Waals surface area contributed by atoms with Crippen LogP contribution in [0.1, 0.15) is 5.56 Å². The first-order valence-electron chi connectivity index (χ1n) is 9.06. The number of aliphatic imine (C=N–C) groups is 1. The van der Waals surface area contributed by atoms with Gasteiger partial charge in [-0.2, -0.15) is 0 Å².